The van der Waals surface area contributed by atoms with Gasteiger partial charge in [-0.3, -0.25) is 4.72 Å². The average Bonchev–Trinajstić information content (AvgIpc) is 2.55. The molecule has 0 radical (unpaired) electrons. The molecule has 3 nitrogen and oxygen atoms in total. The summed E-state index contributed by atoms with van der Waals surface area (Å²) in [7, 11) is -3.77. The number of anilines is 1. The van der Waals surface area contributed by atoms with E-state index < -0.39 is 10.0 Å². The van der Waals surface area contributed by atoms with E-state index in [4.69, 9.17) is 11.6 Å². The van der Waals surface area contributed by atoms with E-state index in [1.165, 1.54) is 0 Å². The molecule has 5 heteroatoms. The zero-order chi connectivity index (χ0) is 17.3. The van der Waals surface area contributed by atoms with Crippen LogP contribution in [0.3, 0.4) is 0 Å². The van der Waals surface area contributed by atoms with Crippen LogP contribution in [-0.2, 0) is 10.0 Å². The maximum atomic E-state index is 12.9. The molecule has 3 aromatic carbocycles. The number of halogens is 1. The van der Waals surface area contributed by atoms with E-state index in [0.717, 1.165) is 16.5 Å². The smallest absolute Gasteiger partial charge is 0.262 e. The molecule has 0 amide bonds. The lowest BCUT2D eigenvalue weighted by molar-refractivity contribution is 0.602. The number of rotatable bonds is 4. The van der Waals surface area contributed by atoms with Crippen LogP contribution in [0.25, 0.3) is 16.3 Å². The Morgan fingerprint density at radius 1 is 1.00 bits per heavy atom. The molecule has 0 unspecified atom stereocenters. The minimum absolute atomic E-state index is 0.220. The maximum Gasteiger partial charge on any atom is 0.262 e. The van der Waals surface area contributed by atoms with Gasteiger partial charge in [-0.1, -0.05) is 66.7 Å². The quantitative estimate of drug-likeness (QED) is 0.686. The van der Waals surface area contributed by atoms with Crippen LogP contribution >= 0.6 is 11.6 Å². The van der Waals surface area contributed by atoms with Gasteiger partial charge in [0.2, 0.25) is 0 Å². The molecule has 0 aromatic heterocycles. The number of allylic oxidation sites excluding steroid dienone is 1. The van der Waals surface area contributed by atoms with Crippen LogP contribution in [0.15, 0.2) is 72.1 Å². The van der Waals surface area contributed by atoms with Gasteiger partial charge in [-0.25, -0.2) is 8.42 Å². The molecule has 0 saturated carbocycles. The Morgan fingerprint density at radius 2 is 1.67 bits per heavy atom. The first-order chi connectivity index (χ1) is 11.4. The first-order valence-electron chi connectivity index (χ1n) is 7.35. The molecule has 3 rings (SSSR count). The minimum atomic E-state index is -3.77. The summed E-state index contributed by atoms with van der Waals surface area (Å²) in [6.45, 7) is 5.68. The van der Waals surface area contributed by atoms with Crippen LogP contribution < -0.4 is 4.72 Å². The van der Waals surface area contributed by atoms with E-state index in [2.05, 4.69) is 11.3 Å². The number of hydrogen-bond donors (Lipinski definition) is 1. The van der Waals surface area contributed by atoms with Crippen LogP contribution in [-0.4, -0.2) is 8.42 Å². The van der Waals surface area contributed by atoms with Crippen molar-refractivity contribution in [3.8, 4) is 0 Å². The van der Waals surface area contributed by atoms with Gasteiger partial charge < -0.3 is 0 Å². The van der Waals surface area contributed by atoms with Crippen molar-refractivity contribution in [3.05, 3.63) is 77.8 Å². The van der Waals surface area contributed by atoms with Gasteiger partial charge in [0.05, 0.1) is 15.6 Å². The maximum absolute atomic E-state index is 12.9. The molecule has 0 aliphatic heterocycles. The van der Waals surface area contributed by atoms with Crippen molar-refractivity contribution < 1.29 is 8.42 Å². The van der Waals surface area contributed by atoms with E-state index in [9.17, 15) is 8.42 Å². The Kier molecular flexibility index (Phi) is 4.35. The Morgan fingerprint density at radius 3 is 2.42 bits per heavy atom. The minimum Gasteiger partial charge on any atom is -0.278 e. The first-order valence-corrected chi connectivity index (χ1v) is 9.21. The molecule has 0 heterocycles. The van der Waals surface area contributed by atoms with E-state index in [1.807, 2.05) is 31.2 Å². The number of sulfonamides is 1. The summed E-state index contributed by atoms with van der Waals surface area (Å²) < 4.78 is 28.3. The first kappa shape index (κ1) is 16.6. The Bertz CT molecular complexity index is 1040. The molecular formula is C19H16ClNO2S. The van der Waals surface area contributed by atoms with Gasteiger partial charge in [-0.2, -0.15) is 0 Å². The zero-order valence-electron chi connectivity index (χ0n) is 13.1. The third kappa shape index (κ3) is 3.03. The second-order valence-electron chi connectivity index (χ2n) is 5.53. The molecule has 0 saturated heterocycles. The third-order valence-corrected chi connectivity index (χ3v) is 5.57. The third-order valence-electron chi connectivity index (χ3n) is 3.74. The highest BCUT2D eigenvalue weighted by atomic mass is 35.5. The number of benzene rings is 3. The van der Waals surface area contributed by atoms with Crippen LogP contribution in [0, 0.1) is 0 Å². The van der Waals surface area contributed by atoms with Gasteiger partial charge in [-0.05, 0) is 35.6 Å². The van der Waals surface area contributed by atoms with Crippen LogP contribution in [0.5, 0.6) is 0 Å². The van der Waals surface area contributed by atoms with Crippen LogP contribution in [0.2, 0.25) is 5.02 Å². The molecule has 0 aliphatic carbocycles. The van der Waals surface area contributed by atoms with Crippen molar-refractivity contribution in [3.63, 3.8) is 0 Å². The summed E-state index contributed by atoms with van der Waals surface area (Å²) in [4.78, 5) is 0.220. The molecular weight excluding hydrogens is 342 g/mol. The molecule has 0 bridgehead atoms. The summed E-state index contributed by atoms with van der Waals surface area (Å²) in [5, 5.41) is 1.87. The Hall–Kier alpha value is -2.30. The summed E-state index contributed by atoms with van der Waals surface area (Å²) in [6, 6.07) is 17.7. The number of fused-ring (bicyclic) bond motifs is 1. The van der Waals surface area contributed by atoms with E-state index in [0.29, 0.717) is 16.1 Å². The average molecular weight is 358 g/mol. The predicted molar refractivity (Wildman–Crippen MR) is 101 cm³/mol. The van der Waals surface area contributed by atoms with Crippen molar-refractivity contribution in [1.29, 1.82) is 0 Å². The van der Waals surface area contributed by atoms with Crippen molar-refractivity contribution >= 4 is 43.7 Å². The lowest BCUT2D eigenvalue weighted by Crippen LogP contribution is -2.14. The molecule has 3 aromatic rings. The summed E-state index contributed by atoms with van der Waals surface area (Å²) >= 11 is 6.33. The van der Waals surface area contributed by atoms with E-state index in [-0.39, 0.29) is 4.90 Å². The molecule has 24 heavy (non-hydrogen) atoms. The highest BCUT2D eigenvalue weighted by Gasteiger charge is 2.19. The second-order valence-corrected chi connectivity index (χ2v) is 7.56. The fourth-order valence-corrected chi connectivity index (χ4v) is 4.26. The standard InChI is InChI=1S/C19H16ClNO2S/c1-13(2)15-10-6-11-17(19(15)20)21-24(22,23)18-12-5-8-14-7-3-4-9-16(14)18/h3-12,21H,1H2,2H3. The Balaban J connectivity index is 2.10. The fraction of sp³-hybridized carbons (Fsp3) is 0.0526. The monoisotopic (exact) mass is 357 g/mol. The second kappa shape index (κ2) is 6.30. The topological polar surface area (TPSA) is 46.2 Å². The summed E-state index contributed by atoms with van der Waals surface area (Å²) in [6.07, 6.45) is 0. The largest absolute Gasteiger partial charge is 0.278 e. The van der Waals surface area contributed by atoms with Crippen molar-refractivity contribution in [2.75, 3.05) is 4.72 Å². The van der Waals surface area contributed by atoms with Crippen molar-refractivity contribution in [1.82, 2.24) is 0 Å². The van der Waals surface area contributed by atoms with Crippen LogP contribution in [0.4, 0.5) is 5.69 Å². The van der Waals surface area contributed by atoms with Gasteiger partial charge >= 0.3 is 0 Å². The SMILES string of the molecule is C=C(C)c1cccc(NS(=O)(=O)c2cccc3ccccc23)c1Cl. The predicted octanol–water partition coefficient (Wildman–Crippen LogP) is 5.33. The van der Waals surface area contributed by atoms with Gasteiger partial charge in [-0.15, -0.1) is 0 Å². The fourth-order valence-electron chi connectivity index (χ4n) is 2.57. The molecule has 0 atom stereocenters. The lowest BCUT2D eigenvalue weighted by Gasteiger charge is -2.13. The van der Waals surface area contributed by atoms with Gasteiger partial charge in [0.15, 0.2) is 0 Å². The molecule has 0 fully saturated rings. The van der Waals surface area contributed by atoms with Gasteiger partial charge in [0.1, 0.15) is 0 Å². The highest BCUT2D eigenvalue weighted by Crippen LogP contribution is 2.32. The van der Waals surface area contributed by atoms with E-state index >= 15 is 0 Å². The number of hydrogen-bond acceptors (Lipinski definition) is 2. The Labute approximate surface area is 146 Å². The normalized spacial score (nSPS) is 11.4. The zero-order valence-corrected chi connectivity index (χ0v) is 14.7. The van der Waals surface area contributed by atoms with E-state index in [1.54, 1.807) is 36.4 Å². The molecule has 0 aliphatic rings. The summed E-state index contributed by atoms with van der Waals surface area (Å²) in [5.74, 6) is 0. The molecule has 0 spiro atoms. The van der Waals surface area contributed by atoms with Crippen molar-refractivity contribution in [2.24, 2.45) is 0 Å². The van der Waals surface area contributed by atoms with Crippen molar-refractivity contribution in [2.45, 2.75) is 11.8 Å². The summed E-state index contributed by atoms with van der Waals surface area (Å²) in [5.41, 5.74) is 1.83. The molecule has 1 N–H and O–H groups in total. The highest BCUT2D eigenvalue weighted by molar-refractivity contribution is 7.93. The number of nitrogens with one attached hydrogen (secondary N) is 1. The van der Waals surface area contributed by atoms with Crippen LogP contribution in [0.1, 0.15) is 12.5 Å². The van der Waals surface area contributed by atoms with Gasteiger partial charge in [0.25, 0.3) is 10.0 Å². The lowest BCUT2D eigenvalue weighted by atomic mass is 10.1. The van der Waals surface area contributed by atoms with Gasteiger partial charge in [0, 0.05) is 5.39 Å². The molecule has 122 valence electrons.